The molecule has 340 valence electrons. The highest BCUT2D eigenvalue weighted by molar-refractivity contribution is 5.97. The van der Waals surface area contributed by atoms with E-state index in [1.165, 1.54) is 45.2 Å². The van der Waals surface area contributed by atoms with Gasteiger partial charge in [-0.15, -0.1) is 0 Å². The minimum Gasteiger partial charge on any atom is -0.357 e. The van der Waals surface area contributed by atoms with Gasteiger partial charge in [0.2, 0.25) is 12.3 Å². The molecule has 6 aromatic rings. The van der Waals surface area contributed by atoms with Crippen LogP contribution in [0.3, 0.4) is 0 Å². The smallest absolute Gasteiger partial charge is 0.247 e. The normalized spacial score (nSPS) is 17.0. The highest BCUT2D eigenvalue weighted by atomic mass is 19.1. The number of nitrogens with zero attached hydrogens (tertiary/aromatic N) is 8. The van der Waals surface area contributed by atoms with Crippen molar-refractivity contribution in [3.05, 3.63) is 133 Å². The Morgan fingerprint density at radius 2 is 1.19 bits per heavy atom. The number of fused-ring (bicyclic) bond motifs is 1. The lowest BCUT2D eigenvalue weighted by Crippen LogP contribution is -2.55. The molecular formula is C50H64F2N10O2. The van der Waals surface area contributed by atoms with Gasteiger partial charge in [0.25, 0.3) is 0 Å². The van der Waals surface area contributed by atoms with Gasteiger partial charge in [0.1, 0.15) is 17.7 Å². The van der Waals surface area contributed by atoms with Crippen LogP contribution in [0.4, 0.5) is 31.8 Å². The summed E-state index contributed by atoms with van der Waals surface area (Å²) in [6.45, 7) is 15.1. The Morgan fingerprint density at radius 1 is 0.672 bits per heavy atom. The van der Waals surface area contributed by atoms with Crippen LogP contribution in [0.1, 0.15) is 80.2 Å². The third-order valence-electron chi connectivity index (χ3n) is 11.2. The fourth-order valence-electron chi connectivity index (χ4n) is 7.76. The van der Waals surface area contributed by atoms with E-state index < -0.39 is 11.6 Å². The van der Waals surface area contributed by atoms with Crippen LogP contribution >= 0.6 is 0 Å². The van der Waals surface area contributed by atoms with Gasteiger partial charge >= 0.3 is 0 Å². The Labute approximate surface area is 379 Å². The zero-order valence-electron chi connectivity index (χ0n) is 37.7. The summed E-state index contributed by atoms with van der Waals surface area (Å²) < 4.78 is 25.9. The summed E-state index contributed by atoms with van der Waals surface area (Å²) in [5, 5.41) is 5.63. The molecule has 2 aliphatic heterocycles. The van der Waals surface area contributed by atoms with Crippen molar-refractivity contribution < 1.29 is 21.2 Å². The lowest BCUT2D eigenvalue weighted by atomic mass is 9.67. The van der Waals surface area contributed by atoms with Crippen molar-refractivity contribution >= 4 is 35.3 Å². The lowest BCUT2D eigenvalue weighted by Gasteiger charge is -2.49. The van der Waals surface area contributed by atoms with Crippen LogP contribution in [0.25, 0.3) is 22.8 Å². The minimum absolute atomic E-state index is 0. The molecule has 0 spiro atoms. The van der Waals surface area contributed by atoms with Crippen molar-refractivity contribution in [2.24, 2.45) is 11.8 Å². The van der Waals surface area contributed by atoms with E-state index in [0.717, 1.165) is 71.6 Å². The molecule has 9 rings (SSSR count). The number of carbonyl (C=O) groups is 2. The first-order valence-corrected chi connectivity index (χ1v) is 22.3. The second-order valence-corrected chi connectivity index (χ2v) is 15.2. The molecule has 2 amide bonds. The van der Waals surface area contributed by atoms with E-state index in [4.69, 9.17) is 0 Å². The molecule has 64 heavy (non-hydrogen) atoms. The molecule has 2 aromatic carbocycles. The van der Waals surface area contributed by atoms with E-state index in [2.05, 4.69) is 62.5 Å². The van der Waals surface area contributed by atoms with E-state index in [1.54, 1.807) is 18.3 Å². The molecular weight excluding hydrogens is 811 g/mol. The van der Waals surface area contributed by atoms with Gasteiger partial charge in [0.05, 0.1) is 24.8 Å². The van der Waals surface area contributed by atoms with Crippen molar-refractivity contribution in [3.8, 4) is 22.8 Å². The summed E-state index contributed by atoms with van der Waals surface area (Å²) in [4.78, 5) is 53.0. The maximum atomic E-state index is 13.3. The molecule has 0 radical (unpaired) electrons. The fraction of sp³-hybridized carbons (Fsp3) is 0.360. The molecule has 1 aliphatic carbocycles. The van der Waals surface area contributed by atoms with E-state index in [1.807, 2.05) is 96.3 Å². The van der Waals surface area contributed by atoms with Gasteiger partial charge in [-0.3, -0.25) is 9.59 Å². The second kappa shape index (κ2) is 24.8. The Morgan fingerprint density at radius 3 is 1.69 bits per heavy atom. The van der Waals surface area contributed by atoms with Gasteiger partial charge < -0.3 is 20.4 Å². The number of nitrogens with one attached hydrogen (secondary N) is 2. The Kier molecular flexibility index (Phi) is 18.7. The van der Waals surface area contributed by atoms with Gasteiger partial charge in [-0.1, -0.05) is 52.0 Å². The van der Waals surface area contributed by atoms with Crippen LogP contribution in [0.15, 0.2) is 110 Å². The van der Waals surface area contributed by atoms with Crippen LogP contribution in [-0.4, -0.2) is 67.9 Å². The quantitative estimate of drug-likeness (QED) is 0.142. The van der Waals surface area contributed by atoms with Crippen LogP contribution in [0.2, 0.25) is 0 Å². The second-order valence-electron chi connectivity index (χ2n) is 15.2. The van der Waals surface area contributed by atoms with E-state index in [0.29, 0.717) is 41.3 Å². The first-order chi connectivity index (χ1) is 31.2. The van der Waals surface area contributed by atoms with Crippen molar-refractivity contribution in [1.82, 2.24) is 29.9 Å². The van der Waals surface area contributed by atoms with Crippen LogP contribution in [0.5, 0.6) is 0 Å². The van der Waals surface area contributed by atoms with Gasteiger partial charge in [-0.2, -0.15) is 0 Å². The number of carbonyl (C=O) groups excluding carboxylic acids is 2. The third kappa shape index (κ3) is 13.2. The lowest BCUT2D eigenvalue weighted by molar-refractivity contribution is -0.119. The maximum absolute atomic E-state index is 13.3. The standard InChI is InChI=1S/C24H24FN5O.C12H10FN3O.C10H14N2.2C2H6.2H2/c1-15-5-8-19(11-20(15)23-27-12-18(25)13-28-23)29-24(31)21-10-16-6-7-17(16)14-30(21)22-4-2-3-9-26-22;1-8-2-3-10(16-7-17)4-11(8)12-14-5-9(13)6-15-12;1-4-8-12(9-5-1)10-6-2-3-7-11-10;2*1-2;;/h2-5,8-9,11-13,16-17,21H,6-7,10,14H2,1H3,(H,29,31);2-7H,1H3,(H,16,17);2-3,6-7H,1,4-5,8-9H2;2*1-2H3;2*1H/t16?,17?,21-;;;;;;/m1....../s1. The third-order valence-corrected chi connectivity index (χ3v) is 11.2. The first kappa shape index (κ1) is 48.3. The molecule has 12 nitrogen and oxygen atoms in total. The zero-order chi connectivity index (χ0) is 45.8. The molecule has 6 heterocycles. The SMILES string of the molecule is CC.CC.Cc1ccc(NC(=O)[C@H]2CC3CCC3CN2c2ccccn2)cc1-c1ncc(F)cn1.Cc1ccc(NC=O)cc1-c1ncc(F)cn1.[HH].[HH].c1ccc(N2CCCCC2)nc1. The summed E-state index contributed by atoms with van der Waals surface area (Å²) in [6, 6.07) is 22.7. The average molecular weight is 875 g/mol. The number of amides is 2. The van der Waals surface area contributed by atoms with Crippen molar-refractivity contribution in [2.75, 3.05) is 40.1 Å². The van der Waals surface area contributed by atoms with Crippen LogP contribution in [-0.2, 0) is 9.59 Å². The van der Waals surface area contributed by atoms with E-state index >= 15 is 0 Å². The van der Waals surface area contributed by atoms with E-state index in [9.17, 15) is 18.4 Å². The average Bonchev–Trinajstić information content (AvgIpc) is 3.34. The number of anilines is 4. The zero-order valence-corrected chi connectivity index (χ0v) is 37.7. The molecule has 2 unspecified atom stereocenters. The summed E-state index contributed by atoms with van der Waals surface area (Å²) in [7, 11) is 0. The highest BCUT2D eigenvalue weighted by Crippen LogP contribution is 2.44. The summed E-state index contributed by atoms with van der Waals surface area (Å²) in [5.41, 5.74) is 4.76. The van der Waals surface area contributed by atoms with Gasteiger partial charge in [0.15, 0.2) is 23.3 Å². The molecule has 3 aliphatic rings. The topological polar surface area (TPSA) is 142 Å². The van der Waals surface area contributed by atoms with E-state index in [-0.39, 0.29) is 14.8 Å². The first-order valence-electron chi connectivity index (χ1n) is 22.3. The number of rotatable bonds is 8. The molecule has 3 atom stereocenters. The minimum atomic E-state index is -0.480. The predicted molar refractivity (Wildman–Crippen MR) is 256 cm³/mol. The molecule has 3 fully saturated rings. The Bertz CT molecular complexity index is 2350. The summed E-state index contributed by atoms with van der Waals surface area (Å²) >= 11 is 0. The molecule has 2 saturated heterocycles. The highest BCUT2D eigenvalue weighted by Gasteiger charge is 2.43. The summed E-state index contributed by atoms with van der Waals surface area (Å²) in [6.07, 6.45) is 16.0. The molecule has 0 bridgehead atoms. The van der Waals surface area contributed by atoms with Crippen LogP contribution in [0, 0.1) is 37.3 Å². The number of hydrogen-bond donors (Lipinski definition) is 2. The fourth-order valence-corrected chi connectivity index (χ4v) is 7.76. The number of pyridine rings is 2. The Balaban J connectivity index is 0.000000279. The number of aryl methyl sites for hydroxylation is 2. The van der Waals surface area contributed by atoms with Crippen LogP contribution < -0.4 is 20.4 Å². The van der Waals surface area contributed by atoms with Gasteiger partial charge in [-0.05, 0) is 124 Å². The number of hydrogen-bond acceptors (Lipinski definition) is 10. The Hall–Kier alpha value is -6.70. The number of halogens is 2. The number of aromatic nitrogens is 6. The van der Waals surface area contributed by atoms with Gasteiger partial charge in [0, 0.05) is 57.4 Å². The molecule has 1 saturated carbocycles. The monoisotopic (exact) mass is 875 g/mol. The molecule has 2 N–H and O–H groups in total. The predicted octanol–water partition coefficient (Wildman–Crippen LogP) is 11.0. The number of piperidine rings is 2. The maximum Gasteiger partial charge on any atom is 0.247 e. The molecule has 4 aromatic heterocycles. The van der Waals surface area contributed by atoms with Crippen molar-refractivity contribution in [2.45, 2.75) is 86.1 Å². The summed E-state index contributed by atoms with van der Waals surface area (Å²) in [5.74, 6) is 3.10. The molecule has 14 heteroatoms. The van der Waals surface area contributed by atoms with Crippen molar-refractivity contribution in [3.63, 3.8) is 0 Å². The van der Waals surface area contributed by atoms with Crippen molar-refractivity contribution in [1.29, 1.82) is 0 Å². The number of benzene rings is 2. The largest absolute Gasteiger partial charge is 0.357 e. The van der Waals surface area contributed by atoms with Gasteiger partial charge in [-0.25, -0.2) is 38.7 Å².